The average molecular weight is 245 g/mol. The van der Waals surface area contributed by atoms with Crippen molar-refractivity contribution in [1.29, 1.82) is 0 Å². The lowest BCUT2D eigenvalue weighted by Crippen LogP contribution is -2.35. The van der Waals surface area contributed by atoms with E-state index >= 15 is 0 Å². The minimum Gasteiger partial charge on any atom is -0.380 e. The zero-order valence-corrected chi connectivity index (χ0v) is 12.2. The summed E-state index contributed by atoms with van der Waals surface area (Å²) < 4.78 is 5.37. The van der Waals surface area contributed by atoms with Gasteiger partial charge < -0.3 is 19.9 Å². The molecule has 0 aromatic heterocycles. The van der Waals surface area contributed by atoms with E-state index in [0.717, 1.165) is 52.5 Å². The van der Waals surface area contributed by atoms with E-state index in [2.05, 4.69) is 36.1 Å². The first kappa shape index (κ1) is 16.8. The number of hydrogen-bond donors (Lipinski definition) is 1. The molecule has 0 spiro atoms. The molecule has 0 amide bonds. The molecule has 0 radical (unpaired) electrons. The summed E-state index contributed by atoms with van der Waals surface area (Å²) in [6, 6.07) is 0. The topological polar surface area (TPSA) is 27.7 Å². The standard InChI is InChI=1S/C13H31N3O/c1-5-16(12-13-17-6-2)11-9-14-8-7-10-15(3)4/h14H,5-13H2,1-4H3. The lowest BCUT2D eigenvalue weighted by atomic mass is 10.4. The highest BCUT2D eigenvalue weighted by Gasteiger charge is 2.00. The highest BCUT2D eigenvalue weighted by Crippen LogP contribution is 1.88. The van der Waals surface area contributed by atoms with Crippen LogP contribution in [0, 0.1) is 0 Å². The third-order valence-electron chi connectivity index (χ3n) is 2.77. The highest BCUT2D eigenvalue weighted by atomic mass is 16.5. The summed E-state index contributed by atoms with van der Waals surface area (Å²) in [6.07, 6.45) is 1.22. The Morgan fingerprint density at radius 3 is 2.35 bits per heavy atom. The van der Waals surface area contributed by atoms with Crippen LogP contribution in [0.3, 0.4) is 0 Å². The van der Waals surface area contributed by atoms with E-state index < -0.39 is 0 Å². The van der Waals surface area contributed by atoms with Gasteiger partial charge in [0.1, 0.15) is 0 Å². The van der Waals surface area contributed by atoms with Gasteiger partial charge in [0.2, 0.25) is 0 Å². The molecule has 0 aliphatic carbocycles. The Kier molecular flexibility index (Phi) is 12.2. The number of rotatable bonds is 12. The van der Waals surface area contributed by atoms with Crippen molar-refractivity contribution in [2.24, 2.45) is 0 Å². The normalized spacial score (nSPS) is 11.6. The molecule has 0 heterocycles. The average Bonchev–Trinajstić information content (AvgIpc) is 2.31. The second-order valence-corrected chi connectivity index (χ2v) is 4.54. The van der Waals surface area contributed by atoms with Crippen LogP contribution >= 0.6 is 0 Å². The molecule has 0 aromatic rings. The molecule has 0 rings (SSSR count). The molecule has 1 N–H and O–H groups in total. The van der Waals surface area contributed by atoms with Crippen molar-refractivity contribution in [1.82, 2.24) is 15.1 Å². The number of hydrogen-bond acceptors (Lipinski definition) is 4. The Bertz CT molecular complexity index is 154. The second-order valence-electron chi connectivity index (χ2n) is 4.54. The molecule has 0 bridgehead atoms. The fourth-order valence-corrected chi connectivity index (χ4v) is 1.65. The van der Waals surface area contributed by atoms with Crippen molar-refractivity contribution in [3.63, 3.8) is 0 Å². The molecular formula is C13H31N3O. The van der Waals surface area contributed by atoms with Crippen molar-refractivity contribution in [3.05, 3.63) is 0 Å². The predicted octanol–water partition coefficient (Wildman–Crippen LogP) is 0.886. The van der Waals surface area contributed by atoms with E-state index in [4.69, 9.17) is 4.74 Å². The van der Waals surface area contributed by atoms with Crippen LogP contribution in [0.1, 0.15) is 20.3 Å². The summed E-state index contributed by atoms with van der Waals surface area (Å²) in [6.45, 7) is 12.5. The van der Waals surface area contributed by atoms with Crippen LogP contribution in [0.5, 0.6) is 0 Å². The molecule has 4 nitrogen and oxygen atoms in total. The maximum absolute atomic E-state index is 5.37. The zero-order valence-electron chi connectivity index (χ0n) is 12.2. The maximum atomic E-state index is 5.37. The molecule has 0 unspecified atom stereocenters. The molecule has 0 saturated carbocycles. The van der Waals surface area contributed by atoms with E-state index in [1.54, 1.807) is 0 Å². The van der Waals surface area contributed by atoms with Crippen LogP contribution in [0.15, 0.2) is 0 Å². The number of nitrogens with zero attached hydrogens (tertiary/aromatic N) is 2. The summed E-state index contributed by atoms with van der Waals surface area (Å²) >= 11 is 0. The van der Waals surface area contributed by atoms with Crippen molar-refractivity contribution in [3.8, 4) is 0 Å². The van der Waals surface area contributed by atoms with Gasteiger partial charge in [0.05, 0.1) is 6.61 Å². The second kappa shape index (κ2) is 12.3. The van der Waals surface area contributed by atoms with Gasteiger partial charge in [-0.25, -0.2) is 0 Å². The van der Waals surface area contributed by atoms with E-state index in [9.17, 15) is 0 Å². The SMILES string of the molecule is CCOCCN(CC)CCNCCCN(C)C. The lowest BCUT2D eigenvalue weighted by molar-refractivity contribution is 0.115. The van der Waals surface area contributed by atoms with Gasteiger partial charge in [0, 0.05) is 26.2 Å². The summed E-state index contributed by atoms with van der Waals surface area (Å²) in [5, 5.41) is 3.49. The van der Waals surface area contributed by atoms with Crippen LogP contribution in [0.25, 0.3) is 0 Å². The first-order valence-corrected chi connectivity index (χ1v) is 6.86. The van der Waals surface area contributed by atoms with Gasteiger partial charge in [-0.3, -0.25) is 0 Å². The largest absolute Gasteiger partial charge is 0.380 e. The van der Waals surface area contributed by atoms with Gasteiger partial charge in [0.15, 0.2) is 0 Å². The van der Waals surface area contributed by atoms with Crippen LogP contribution in [-0.2, 0) is 4.74 Å². The van der Waals surface area contributed by atoms with Gasteiger partial charge in [-0.15, -0.1) is 0 Å². The van der Waals surface area contributed by atoms with Crippen LogP contribution in [-0.4, -0.2) is 76.4 Å². The third kappa shape index (κ3) is 12.1. The van der Waals surface area contributed by atoms with Gasteiger partial charge in [-0.2, -0.15) is 0 Å². The number of ether oxygens (including phenoxy) is 1. The van der Waals surface area contributed by atoms with Gasteiger partial charge in [-0.1, -0.05) is 6.92 Å². The van der Waals surface area contributed by atoms with E-state index in [-0.39, 0.29) is 0 Å². The molecule has 17 heavy (non-hydrogen) atoms. The lowest BCUT2D eigenvalue weighted by Gasteiger charge is -2.20. The van der Waals surface area contributed by atoms with Crippen LogP contribution in [0.2, 0.25) is 0 Å². The first-order chi connectivity index (χ1) is 8.20. The van der Waals surface area contributed by atoms with Gasteiger partial charge in [-0.05, 0) is 47.1 Å². The number of nitrogens with one attached hydrogen (secondary N) is 1. The van der Waals surface area contributed by atoms with E-state index in [1.165, 1.54) is 6.42 Å². The highest BCUT2D eigenvalue weighted by molar-refractivity contribution is 4.58. The molecule has 0 aromatic carbocycles. The maximum Gasteiger partial charge on any atom is 0.0593 e. The Hall–Kier alpha value is -0.160. The summed E-state index contributed by atoms with van der Waals surface area (Å²) in [4.78, 5) is 4.65. The van der Waals surface area contributed by atoms with Crippen molar-refractivity contribution >= 4 is 0 Å². The smallest absolute Gasteiger partial charge is 0.0593 e. The molecule has 0 fully saturated rings. The van der Waals surface area contributed by atoms with Gasteiger partial charge >= 0.3 is 0 Å². The van der Waals surface area contributed by atoms with Crippen molar-refractivity contribution < 1.29 is 4.74 Å². The van der Waals surface area contributed by atoms with E-state index in [0.29, 0.717) is 0 Å². The third-order valence-corrected chi connectivity index (χ3v) is 2.77. The van der Waals surface area contributed by atoms with Crippen LogP contribution < -0.4 is 5.32 Å². The quantitative estimate of drug-likeness (QED) is 0.517. The molecule has 0 aliphatic rings. The molecular weight excluding hydrogens is 214 g/mol. The molecule has 4 heteroatoms. The molecule has 104 valence electrons. The van der Waals surface area contributed by atoms with Gasteiger partial charge in [0.25, 0.3) is 0 Å². The first-order valence-electron chi connectivity index (χ1n) is 6.86. The minimum absolute atomic E-state index is 0.820. The molecule has 0 atom stereocenters. The van der Waals surface area contributed by atoms with Crippen LogP contribution in [0.4, 0.5) is 0 Å². The zero-order chi connectivity index (χ0) is 12.9. The van der Waals surface area contributed by atoms with E-state index in [1.807, 2.05) is 6.92 Å². The van der Waals surface area contributed by atoms with Crippen molar-refractivity contribution in [2.45, 2.75) is 20.3 Å². The fraction of sp³-hybridized carbons (Fsp3) is 1.00. The van der Waals surface area contributed by atoms with Crippen molar-refractivity contribution in [2.75, 3.05) is 66.6 Å². The summed E-state index contributed by atoms with van der Waals surface area (Å²) in [7, 11) is 4.24. The summed E-state index contributed by atoms with van der Waals surface area (Å²) in [5.74, 6) is 0. The Balaban J connectivity index is 3.30. The molecule has 0 saturated heterocycles. The minimum atomic E-state index is 0.820. The Morgan fingerprint density at radius 2 is 1.76 bits per heavy atom. The Morgan fingerprint density at radius 1 is 1.00 bits per heavy atom. The monoisotopic (exact) mass is 245 g/mol. The fourth-order valence-electron chi connectivity index (χ4n) is 1.65. The number of likely N-dealkylation sites (N-methyl/N-ethyl adjacent to an activating group) is 1. The molecule has 0 aliphatic heterocycles. The predicted molar refractivity (Wildman–Crippen MR) is 74.6 cm³/mol. The Labute approximate surface area is 107 Å². The summed E-state index contributed by atoms with van der Waals surface area (Å²) in [5.41, 5.74) is 0.